The molecule has 18 heavy (non-hydrogen) atoms. The number of nitrogens with one attached hydrogen (secondary N) is 2. The zero-order chi connectivity index (χ0) is 13.4. The molecule has 0 aromatic carbocycles. The zero-order valence-corrected chi connectivity index (χ0v) is 10.7. The summed E-state index contributed by atoms with van der Waals surface area (Å²) >= 11 is 0. The quantitative estimate of drug-likeness (QED) is 0.671. The Hall–Kier alpha value is -2.12. The molecule has 0 bridgehead atoms. The van der Waals surface area contributed by atoms with Gasteiger partial charge in [-0.3, -0.25) is 4.79 Å². The van der Waals surface area contributed by atoms with Gasteiger partial charge in [-0.15, -0.1) is 0 Å². The minimum atomic E-state index is -0.264. The Morgan fingerprint density at radius 2 is 2.00 bits per heavy atom. The molecule has 1 aromatic rings. The molecule has 100 valence electrons. The predicted octanol–water partition coefficient (Wildman–Crippen LogP) is 0.287. The van der Waals surface area contributed by atoms with Crippen molar-refractivity contribution in [2.45, 2.75) is 13.3 Å². The number of nitrogens with zero attached hydrogens (tertiary/aromatic N) is 3. The number of hydrogen-bond acceptors (Lipinski definition) is 8. The largest absolute Gasteiger partial charge is 0.467 e. The first-order valence-corrected chi connectivity index (χ1v) is 5.57. The van der Waals surface area contributed by atoms with Gasteiger partial charge in [-0.05, 0) is 6.92 Å². The van der Waals surface area contributed by atoms with E-state index in [0.29, 0.717) is 25.0 Å². The summed E-state index contributed by atoms with van der Waals surface area (Å²) in [4.78, 5) is 23.1. The van der Waals surface area contributed by atoms with Crippen LogP contribution in [0.25, 0.3) is 0 Å². The molecule has 0 saturated heterocycles. The number of aromatic nitrogens is 3. The van der Waals surface area contributed by atoms with Gasteiger partial charge in [0.1, 0.15) is 0 Å². The van der Waals surface area contributed by atoms with E-state index in [4.69, 9.17) is 9.47 Å². The Morgan fingerprint density at radius 1 is 1.28 bits per heavy atom. The molecule has 0 unspecified atom stereocenters. The topological polar surface area (TPSA) is 98.3 Å². The standard InChI is InChI=1S/C10H17N5O3/c1-4-18-7(16)5-6-12-9-13-8(11-2)14-10(15-9)17-3/h4-6H2,1-3H3,(H2,11,12,13,14,15). The lowest BCUT2D eigenvalue weighted by molar-refractivity contribution is -0.142. The molecule has 0 atom stereocenters. The van der Waals surface area contributed by atoms with Crippen molar-refractivity contribution in [3.8, 4) is 6.01 Å². The molecule has 0 radical (unpaired) electrons. The lowest BCUT2D eigenvalue weighted by atomic mass is 10.4. The lowest BCUT2D eigenvalue weighted by Crippen LogP contribution is -2.14. The van der Waals surface area contributed by atoms with Gasteiger partial charge in [0.15, 0.2) is 0 Å². The van der Waals surface area contributed by atoms with Crippen molar-refractivity contribution in [1.29, 1.82) is 0 Å². The van der Waals surface area contributed by atoms with Crippen molar-refractivity contribution in [3.63, 3.8) is 0 Å². The smallest absolute Gasteiger partial charge is 0.322 e. The maximum atomic E-state index is 11.1. The average molecular weight is 255 g/mol. The fraction of sp³-hybridized carbons (Fsp3) is 0.600. The first kappa shape index (κ1) is 13.9. The molecule has 0 saturated carbocycles. The molecular weight excluding hydrogens is 238 g/mol. The van der Waals surface area contributed by atoms with Gasteiger partial charge in [0, 0.05) is 13.6 Å². The lowest BCUT2D eigenvalue weighted by Gasteiger charge is -2.07. The molecule has 0 aliphatic rings. The second kappa shape index (κ2) is 7.25. The van der Waals surface area contributed by atoms with Crippen molar-refractivity contribution in [2.24, 2.45) is 0 Å². The van der Waals surface area contributed by atoms with Crippen LogP contribution in [0.4, 0.5) is 11.9 Å². The number of ether oxygens (including phenoxy) is 2. The number of carbonyl (C=O) groups excluding carboxylic acids is 1. The summed E-state index contributed by atoms with van der Waals surface area (Å²) in [7, 11) is 3.16. The summed E-state index contributed by atoms with van der Waals surface area (Å²) in [6.07, 6.45) is 0.247. The highest BCUT2D eigenvalue weighted by Crippen LogP contribution is 2.09. The predicted molar refractivity (Wildman–Crippen MR) is 65.7 cm³/mol. The SMILES string of the molecule is CCOC(=O)CCNc1nc(NC)nc(OC)n1. The van der Waals surface area contributed by atoms with Crippen LogP contribution in [0.3, 0.4) is 0 Å². The van der Waals surface area contributed by atoms with Crippen LogP contribution >= 0.6 is 0 Å². The first-order valence-electron chi connectivity index (χ1n) is 5.57. The van der Waals surface area contributed by atoms with E-state index in [0.717, 1.165) is 0 Å². The van der Waals surface area contributed by atoms with Crippen LogP contribution in [0.2, 0.25) is 0 Å². The van der Waals surface area contributed by atoms with E-state index in [1.807, 2.05) is 0 Å². The number of esters is 1. The van der Waals surface area contributed by atoms with Crippen molar-refractivity contribution in [1.82, 2.24) is 15.0 Å². The number of hydrogen-bond donors (Lipinski definition) is 2. The van der Waals surface area contributed by atoms with Crippen LogP contribution in [0.15, 0.2) is 0 Å². The molecule has 8 heteroatoms. The van der Waals surface area contributed by atoms with Crippen molar-refractivity contribution >= 4 is 17.9 Å². The fourth-order valence-corrected chi connectivity index (χ4v) is 1.15. The summed E-state index contributed by atoms with van der Waals surface area (Å²) in [5, 5.41) is 5.69. The molecule has 0 fully saturated rings. The molecule has 0 spiro atoms. The minimum Gasteiger partial charge on any atom is -0.467 e. The maximum Gasteiger partial charge on any atom is 0.322 e. The number of methoxy groups -OCH3 is 1. The maximum absolute atomic E-state index is 11.1. The molecule has 0 amide bonds. The van der Waals surface area contributed by atoms with E-state index in [2.05, 4.69) is 25.6 Å². The molecule has 8 nitrogen and oxygen atoms in total. The van der Waals surface area contributed by atoms with Gasteiger partial charge in [-0.1, -0.05) is 0 Å². The van der Waals surface area contributed by atoms with Crippen molar-refractivity contribution in [2.75, 3.05) is 37.9 Å². The molecule has 0 aliphatic carbocycles. The highest BCUT2D eigenvalue weighted by molar-refractivity contribution is 5.69. The van der Waals surface area contributed by atoms with Crippen molar-refractivity contribution < 1.29 is 14.3 Å². The summed E-state index contributed by atoms with van der Waals surface area (Å²) in [5.74, 6) is 0.468. The van der Waals surface area contributed by atoms with Gasteiger partial charge >= 0.3 is 12.0 Å². The second-order valence-corrected chi connectivity index (χ2v) is 3.20. The Bertz CT molecular complexity index is 377. The van der Waals surface area contributed by atoms with Crippen molar-refractivity contribution in [3.05, 3.63) is 0 Å². The Labute approximate surface area is 105 Å². The number of carbonyl (C=O) groups is 1. The van der Waals surface area contributed by atoms with Gasteiger partial charge in [-0.2, -0.15) is 15.0 Å². The minimum absolute atomic E-state index is 0.202. The highest BCUT2D eigenvalue weighted by atomic mass is 16.5. The first-order chi connectivity index (χ1) is 8.69. The van der Waals surface area contributed by atoms with E-state index >= 15 is 0 Å². The van der Waals surface area contributed by atoms with Crippen LogP contribution in [-0.4, -0.2) is 48.2 Å². The Morgan fingerprint density at radius 3 is 2.61 bits per heavy atom. The van der Waals surface area contributed by atoms with E-state index < -0.39 is 0 Å². The summed E-state index contributed by atoms with van der Waals surface area (Å²) in [6.45, 7) is 2.53. The summed E-state index contributed by atoms with van der Waals surface area (Å²) < 4.78 is 9.73. The van der Waals surface area contributed by atoms with Crippen LogP contribution in [0.5, 0.6) is 6.01 Å². The third kappa shape index (κ3) is 4.40. The Balaban J connectivity index is 2.53. The molecule has 1 rings (SSSR count). The normalized spacial score (nSPS) is 9.72. The molecular formula is C10H17N5O3. The van der Waals surface area contributed by atoms with E-state index in [1.165, 1.54) is 7.11 Å². The van der Waals surface area contributed by atoms with Gasteiger partial charge in [-0.25, -0.2) is 0 Å². The van der Waals surface area contributed by atoms with Crippen LogP contribution in [0.1, 0.15) is 13.3 Å². The van der Waals surface area contributed by atoms with Gasteiger partial charge in [0.2, 0.25) is 11.9 Å². The van der Waals surface area contributed by atoms with Crippen LogP contribution < -0.4 is 15.4 Å². The number of rotatable bonds is 7. The van der Waals surface area contributed by atoms with Gasteiger partial charge in [0.25, 0.3) is 0 Å². The van der Waals surface area contributed by atoms with Gasteiger partial charge in [0.05, 0.1) is 20.1 Å². The van der Waals surface area contributed by atoms with E-state index in [1.54, 1.807) is 14.0 Å². The molecule has 0 aliphatic heterocycles. The fourth-order valence-electron chi connectivity index (χ4n) is 1.15. The zero-order valence-electron chi connectivity index (χ0n) is 10.7. The van der Waals surface area contributed by atoms with Crippen LogP contribution in [-0.2, 0) is 9.53 Å². The third-order valence-electron chi connectivity index (χ3n) is 1.94. The highest BCUT2D eigenvalue weighted by Gasteiger charge is 2.06. The monoisotopic (exact) mass is 255 g/mol. The third-order valence-corrected chi connectivity index (χ3v) is 1.94. The average Bonchev–Trinajstić information content (AvgIpc) is 2.38. The Kier molecular flexibility index (Phi) is 5.62. The number of anilines is 2. The molecule has 1 heterocycles. The second-order valence-electron chi connectivity index (χ2n) is 3.20. The van der Waals surface area contributed by atoms with Gasteiger partial charge < -0.3 is 20.1 Å². The van der Waals surface area contributed by atoms with E-state index in [-0.39, 0.29) is 18.4 Å². The van der Waals surface area contributed by atoms with E-state index in [9.17, 15) is 4.79 Å². The molecule has 2 N–H and O–H groups in total. The molecule has 1 aromatic heterocycles. The summed E-state index contributed by atoms with van der Waals surface area (Å²) in [5.41, 5.74) is 0. The van der Waals surface area contributed by atoms with Crippen LogP contribution in [0, 0.1) is 0 Å². The summed E-state index contributed by atoms with van der Waals surface area (Å²) in [6, 6.07) is 0.202.